The molecule has 0 bridgehead atoms. The van der Waals surface area contributed by atoms with E-state index in [0.29, 0.717) is 32.7 Å². The Labute approximate surface area is 208 Å². The van der Waals surface area contributed by atoms with Gasteiger partial charge in [-0.1, -0.05) is 133 Å². The lowest BCUT2D eigenvalue weighted by Gasteiger charge is -2.18. The van der Waals surface area contributed by atoms with Gasteiger partial charge in [0.05, 0.1) is 0 Å². The Morgan fingerprint density at radius 1 is 0.441 bits per heavy atom. The van der Waals surface area contributed by atoms with Crippen molar-refractivity contribution in [3.63, 3.8) is 0 Å². The van der Waals surface area contributed by atoms with Crippen molar-refractivity contribution >= 4 is 19.5 Å². The second-order valence-corrected chi connectivity index (χ2v) is 9.65. The van der Waals surface area contributed by atoms with Crippen LogP contribution in [0.1, 0.15) is 34.1 Å². The first-order valence-electron chi connectivity index (χ1n) is 11.5. The molecule has 0 fully saturated rings. The molecule has 0 unspecified atom stereocenters. The molecule has 4 radical (unpaired) electrons. The molecule has 4 aromatic carbocycles. The lowest BCUT2D eigenvalue weighted by Crippen LogP contribution is -2.12. The molecule has 4 rings (SSSR count). The predicted octanol–water partition coefficient (Wildman–Crippen LogP) is 6.39. The van der Waals surface area contributed by atoms with Crippen LogP contribution in [0.3, 0.4) is 0 Å². The first-order valence-corrected chi connectivity index (χ1v) is 13.5. The Hall–Kier alpha value is -3.03. The third-order valence-electron chi connectivity index (χ3n) is 5.69. The Kier molecular flexibility index (Phi) is 9.66. The zero-order chi connectivity index (χ0) is 23.3. The van der Waals surface area contributed by atoms with E-state index in [0.717, 1.165) is 0 Å². The van der Waals surface area contributed by atoms with Gasteiger partial charge in [0, 0.05) is 25.0 Å². The Morgan fingerprint density at radius 2 is 0.706 bits per heavy atom. The molecule has 2 nitrogen and oxygen atoms in total. The molecule has 0 saturated carbocycles. The molecule has 0 amide bonds. The topological polar surface area (TPSA) is 18.5 Å². The van der Waals surface area contributed by atoms with Crippen LogP contribution in [-0.4, -0.2) is 32.7 Å². The summed E-state index contributed by atoms with van der Waals surface area (Å²) < 4.78 is 12.1. The van der Waals surface area contributed by atoms with Gasteiger partial charge in [0.15, 0.2) is 0 Å². The van der Waals surface area contributed by atoms with Crippen LogP contribution in [0.5, 0.6) is 0 Å². The fourth-order valence-corrected chi connectivity index (χ4v) is 5.20. The number of hydrogen-bond acceptors (Lipinski definition) is 2. The molecule has 0 aliphatic carbocycles. The highest BCUT2D eigenvalue weighted by atomic mass is 28.2. The van der Waals surface area contributed by atoms with Gasteiger partial charge in [0.2, 0.25) is 0 Å². The minimum absolute atomic E-state index is 0.236. The second kappa shape index (κ2) is 13.6. The summed E-state index contributed by atoms with van der Waals surface area (Å²) in [4.78, 5) is 0. The monoisotopic (exact) mass is 476 g/mol. The third kappa shape index (κ3) is 7.24. The fourth-order valence-electron chi connectivity index (χ4n) is 3.94. The zero-order valence-corrected chi connectivity index (χ0v) is 21.1. The number of rotatable bonds is 12. The lowest BCUT2D eigenvalue weighted by atomic mass is 9.92. The van der Waals surface area contributed by atoms with E-state index in [1.807, 2.05) is 0 Å². The molecule has 168 valence electrons. The molecule has 34 heavy (non-hydrogen) atoms. The summed E-state index contributed by atoms with van der Waals surface area (Å²) in [6.07, 6.45) is 0. The van der Waals surface area contributed by atoms with Gasteiger partial charge in [-0.25, -0.2) is 0 Å². The van der Waals surface area contributed by atoms with Crippen LogP contribution < -0.4 is 0 Å². The van der Waals surface area contributed by atoms with E-state index in [2.05, 4.69) is 133 Å². The quantitative estimate of drug-likeness (QED) is 0.174. The Balaban J connectivity index is 1.25. The maximum atomic E-state index is 6.06. The first-order chi connectivity index (χ1) is 16.9. The molecule has 0 heterocycles. The van der Waals surface area contributed by atoms with Gasteiger partial charge in [-0.15, -0.1) is 0 Å². The van der Waals surface area contributed by atoms with E-state index in [4.69, 9.17) is 8.85 Å². The van der Waals surface area contributed by atoms with Crippen molar-refractivity contribution in [2.75, 3.05) is 13.2 Å². The van der Waals surface area contributed by atoms with Crippen LogP contribution in [-0.2, 0) is 8.85 Å². The van der Waals surface area contributed by atoms with Crippen molar-refractivity contribution in [3.8, 4) is 0 Å². The highest BCUT2D eigenvalue weighted by molar-refractivity contribution is 6.41. The van der Waals surface area contributed by atoms with Crippen molar-refractivity contribution < 1.29 is 8.85 Å². The second-order valence-electron chi connectivity index (χ2n) is 7.94. The average molecular weight is 477 g/mol. The van der Waals surface area contributed by atoms with Crippen LogP contribution in [0.4, 0.5) is 0 Å². The normalized spacial score (nSPS) is 11.5. The average Bonchev–Trinajstić information content (AvgIpc) is 2.92. The molecule has 0 N–H and O–H groups in total. The molecule has 0 atom stereocenters. The van der Waals surface area contributed by atoms with E-state index >= 15 is 0 Å². The highest BCUT2D eigenvalue weighted by Crippen LogP contribution is 2.25. The zero-order valence-electron chi connectivity index (χ0n) is 19.1. The summed E-state index contributed by atoms with van der Waals surface area (Å²) in [5.74, 6) is 0.471. The van der Waals surface area contributed by atoms with Gasteiger partial charge in [-0.3, -0.25) is 0 Å². The first kappa shape index (κ1) is 24.1. The van der Waals surface area contributed by atoms with Gasteiger partial charge >= 0.3 is 0 Å². The molecule has 0 aromatic heterocycles. The van der Waals surface area contributed by atoms with Crippen molar-refractivity contribution in [2.45, 2.75) is 11.8 Å². The highest BCUT2D eigenvalue weighted by Gasteiger charge is 2.15. The summed E-state index contributed by atoms with van der Waals surface area (Å²) in [5, 5.41) is 0. The summed E-state index contributed by atoms with van der Waals surface area (Å²) in [7, 11) is 0.625. The molecule has 4 heteroatoms. The molecule has 0 aliphatic heterocycles. The van der Waals surface area contributed by atoms with Crippen LogP contribution >= 0.6 is 0 Å². The van der Waals surface area contributed by atoms with Crippen molar-refractivity contribution in [2.24, 2.45) is 0 Å². The summed E-state index contributed by atoms with van der Waals surface area (Å²) in [6, 6.07) is 42.3. The minimum atomic E-state index is 0.236. The predicted molar refractivity (Wildman–Crippen MR) is 142 cm³/mol. The summed E-state index contributed by atoms with van der Waals surface area (Å²) >= 11 is 0. The smallest absolute Gasteiger partial charge is 0.260 e. The SMILES string of the molecule is C(=C[Si]OCC(c1ccccc1)c1ccccc1)[Si]OCC(c1ccccc1)c1ccccc1. The molecular weight excluding hydrogens is 449 g/mol. The van der Waals surface area contributed by atoms with Crippen molar-refractivity contribution in [1.82, 2.24) is 0 Å². The Morgan fingerprint density at radius 3 is 0.971 bits per heavy atom. The van der Waals surface area contributed by atoms with E-state index in [-0.39, 0.29) is 11.8 Å². The molecule has 0 saturated heterocycles. The van der Waals surface area contributed by atoms with Crippen molar-refractivity contribution in [1.29, 1.82) is 0 Å². The fraction of sp³-hybridized carbons (Fsp3) is 0.133. The third-order valence-corrected chi connectivity index (χ3v) is 7.30. The van der Waals surface area contributed by atoms with Gasteiger partial charge in [0.1, 0.15) is 0 Å². The van der Waals surface area contributed by atoms with E-state index in [1.165, 1.54) is 22.3 Å². The van der Waals surface area contributed by atoms with Crippen LogP contribution in [0.2, 0.25) is 0 Å². The van der Waals surface area contributed by atoms with Crippen LogP contribution in [0.15, 0.2) is 133 Å². The van der Waals surface area contributed by atoms with Gasteiger partial charge < -0.3 is 8.85 Å². The number of benzene rings is 4. The summed E-state index contributed by atoms with van der Waals surface area (Å²) in [5.41, 5.74) is 9.29. The van der Waals surface area contributed by atoms with Gasteiger partial charge in [-0.2, -0.15) is 0 Å². The molecule has 0 spiro atoms. The van der Waals surface area contributed by atoms with Crippen molar-refractivity contribution in [3.05, 3.63) is 155 Å². The van der Waals surface area contributed by atoms with Gasteiger partial charge in [0.25, 0.3) is 19.5 Å². The van der Waals surface area contributed by atoms with Crippen LogP contribution in [0, 0.1) is 0 Å². The lowest BCUT2D eigenvalue weighted by molar-refractivity contribution is 0.323. The largest absolute Gasteiger partial charge is 0.411 e. The van der Waals surface area contributed by atoms with Crippen LogP contribution in [0.25, 0.3) is 0 Å². The minimum Gasteiger partial charge on any atom is -0.411 e. The maximum Gasteiger partial charge on any atom is 0.260 e. The standard InChI is InChI=1S/C30H28O2Si2/c1-5-13-25(14-6-1)29(26-15-7-2-8-16-26)23-31-33-21-22-34-32-24-30(27-17-9-3-10-18-27)28-19-11-4-12-20-28/h1-22,29-30H,23-24H2. The molecular formula is C30H28O2Si2. The number of hydrogen-bond donors (Lipinski definition) is 0. The maximum absolute atomic E-state index is 6.06. The molecule has 0 aliphatic rings. The Bertz CT molecular complexity index is 934. The van der Waals surface area contributed by atoms with Gasteiger partial charge in [-0.05, 0) is 22.3 Å². The van der Waals surface area contributed by atoms with E-state index in [1.54, 1.807) is 0 Å². The summed E-state index contributed by atoms with van der Waals surface area (Å²) in [6.45, 7) is 1.32. The van der Waals surface area contributed by atoms with E-state index in [9.17, 15) is 0 Å². The van der Waals surface area contributed by atoms with E-state index < -0.39 is 0 Å². The molecule has 4 aromatic rings.